The molecule has 36 heavy (non-hydrogen) atoms. The number of piperazine rings is 1. The highest BCUT2D eigenvalue weighted by atomic mass is 127. The SMILES string of the molecule is C[C@H](I)COc1ccc(N2CCN(C[C@@H](O)c3ccc(CO)cn3)C[C@H]2c2ccc(Cl)cc2)c(Cl)c1. The van der Waals surface area contributed by atoms with E-state index in [0.29, 0.717) is 39.4 Å². The number of nitrogens with zero attached hydrogens (tertiary/aromatic N) is 3. The number of alkyl halides is 1. The van der Waals surface area contributed by atoms with E-state index < -0.39 is 6.10 Å². The van der Waals surface area contributed by atoms with Crippen LogP contribution in [0.1, 0.15) is 35.9 Å². The van der Waals surface area contributed by atoms with Crippen LogP contribution in [0, 0.1) is 0 Å². The first-order valence-corrected chi connectivity index (χ1v) is 13.9. The fourth-order valence-corrected chi connectivity index (χ4v) is 4.93. The zero-order valence-corrected chi connectivity index (χ0v) is 23.7. The Morgan fingerprint density at radius 3 is 2.53 bits per heavy atom. The van der Waals surface area contributed by atoms with Gasteiger partial charge in [0.1, 0.15) is 11.9 Å². The minimum absolute atomic E-state index is 0.0200. The third kappa shape index (κ3) is 7.02. The Hall–Kier alpha value is -1.62. The molecule has 3 aromatic rings. The van der Waals surface area contributed by atoms with Crippen molar-refractivity contribution in [2.24, 2.45) is 0 Å². The van der Waals surface area contributed by atoms with E-state index in [9.17, 15) is 10.2 Å². The molecule has 6 nitrogen and oxygen atoms in total. The molecular weight excluding hydrogens is 612 g/mol. The Morgan fingerprint density at radius 2 is 1.89 bits per heavy atom. The van der Waals surface area contributed by atoms with Crippen molar-refractivity contribution in [2.45, 2.75) is 29.6 Å². The van der Waals surface area contributed by atoms with Crippen molar-refractivity contribution in [3.05, 3.63) is 87.7 Å². The molecule has 2 aromatic carbocycles. The summed E-state index contributed by atoms with van der Waals surface area (Å²) in [6, 6.07) is 17.3. The van der Waals surface area contributed by atoms with Crippen molar-refractivity contribution in [3.8, 4) is 5.75 Å². The Kier molecular flexibility index (Phi) is 9.71. The van der Waals surface area contributed by atoms with Crippen LogP contribution in [-0.2, 0) is 6.61 Å². The summed E-state index contributed by atoms with van der Waals surface area (Å²) in [6.07, 6.45) is 0.874. The number of aromatic nitrogens is 1. The summed E-state index contributed by atoms with van der Waals surface area (Å²) < 4.78 is 6.26. The lowest BCUT2D eigenvalue weighted by Crippen LogP contribution is -2.49. The molecule has 0 aliphatic carbocycles. The normalized spacial score (nSPS) is 18.2. The maximum atomic E-state index is 10.8. The molecular formula is C27H30Cl2IN3O3. The Labute approximate surface area is 235 Å². The largest absolute Gasteiger partial charge is 0.492 e. The summed E-state index contributed by atoms with van der Waals surface area (Å²) in [7, 11) is 0. The third-order valence-electron chi connectivity index (χ3n) is 6.23. The van der Waals surface area contributed by atoms with Gasteiger partial charge in [-0.05, 0) is 41.5 Å². The minimum Gasteiger partial charge on any atom is -0.492 e. The fraction of sp³-hybridized carbons (Fsp3) is 0.370. The van der Waals surface area contributed by atoms with Gasteiger partial charge in [-0.2, -0.15) is 0 Å². The van der Waals surface area contributed by atoms with Crippen LogP contribution in [0.25, 0.3) is 0 Å². The second kappa shape index (κ2) is 12.8. The van der Waals surface area contributed by atoms with Crippen LogP contribution in [0.5, 0.6) is 5.75 Å². The lowest BCUT2D eigenvalue weighted by molar-refractivity contribution is 0.0975. The first-order valence-electron chi connectivity index (χ1n) is 11.9. The summed E-state index contributed by atoms with van der Waals surface area (Å²) in [5.74, 6) is 0.761. The third-order valence-corrected chi connectivity index (χ3v) is 7.14. The van der Waals surface area contributed by atoms with Gasteiger partial charge in [-0.1, -0.05) is 70.9 Å². The van der Waals surface area contributed by atoms with Gasteiger partial charge < -0.3 is 19.8 Å². The highest BCUT2D eigenvalue weighted by Gasteiger charge is 2.31. The van der Waals surface area contributed by atoms with Crippen LogP contribution < -0.4 is 9.64 Å². The van der Waals surface area contributed by atoms with Gasteiger partial charge in [0.25, 0.3) is 0 Å². The molecule has 3 atom stereocenters. The van der Waals surface area contributed by atoms with Crippen LogP contribution in [0.3, 0.4) is 0 Å². The molecule has 2 heterocycles. The van der Waals surface area contributed by atoms with Gasteiger partial charge in [-0.3, -0.25) is 9.88 Å². The van der Waals surface area contributed by atoms with E-state index in [2.05, 4.69) is 44.3 Å². The first-order chi connectivity index (χ1) is 17.3. The molecule has 192 valence electrons. The van der Waals surface area contributed by atoms with Crippen molar-refractivity contribution >= 4 is 51.5 Å². The van der Waals surface area contributed by atoms with E-state index in [1.54, 1.807) is 18.3 Å². The van der Waals surface area contributed by atoms with Gasteiger partial charge in [0, 0.05) is 47.4 Å². The van der Waals surface area contributed by atoms with Crippen LogP contribution in [0.4, 0.5) is 5.69 Å². The summed E-state index contributed by atoms with van der Waals surface area (Å²) >= 11 is 15.3. The second-order valence-corrected chi connectivity index (χ2v) is 12.0. The van der Waals surface area contributed by atoms with Crippen molar-refractivity contribution in [1.82, 2.24) is 9.88 Å². The highest BCUT2D eigenvalue weighted by Crippen LogP contribution is 2.37. The topological polar surface area (TPSA) is 69.1 Å². The monoisotopic (exact) mass is 641 g/mol. The molecule has 0 radical (unpaired) electrons. The second-order valence-electron chi connectivity index (χ2n) is 8.99. The van der Waals surface area contributed by atoms with Gasteiger partial charge in [-0.25, -0.2) is 0 Å². The smallest absolute Gasteiger partial charge is 0.120 e. The number of aliphatic hydroxyl groups excluding tert-OH is 2. The van der Waals surface area contributed by atoms with Gasteiger partial charge in [0.15, 0.2) is 0 Å². The lowest BCUT2D eigenvalue weighted by atomic mass is 10.0. The molecule has 0 spiro atoms. The number of pyridine rings is 1. The molecule has 0 saturated carbocycles. The number of benzene rings is 2. The van der Waals surface area contributed by atoms with Gasteiger partial charge in [0.05, 0.1) is 35.7 Å². The van der Waals surface area contributed by atoms with Crippen molar-refractivity contribution in [2.75, 3.05) is 37.7 Å². The highest BCUT2D eigenvalue weighted by molar-refractivity contribution is 14.1. The van der Waals surface area contributed by atoms with Gasteiger partial charge >= 0.3 is 0 Å². The average molecular weight is 642 g/mol. The number of ether oxygens (including phenoxy) is 1. The Balaban J connectivity index is 1.53. The van der Waals surface area contributed by atoms with Crippen molar-refractivity contribution in [1.29, 1.82) is 0 Å². The molecule has 1 saturated heterocycles. The molecule has 4 rings (SSSR count). The van der Waals surface area contributed by atoms with Crippen molar-refractivity contribution < 1.29 is 14.9 Å². The van der Waals surface area contributed by atoms with Crippen LogP contribution in [0.15, 0.2) is 60.8 Å². The minimum atomic E-state index is -0.726. The summed E-state index contributed by atoms with van der Waals surface area (Å²) in [6.45, 7) is 5.32. The fourth-order valence-electron chi connectivity index (χ4n) is 4.35. The molecule has 1 fully saturated rings. The Morgan fingerprint density at radius 1 is 1.11 bits per heavy atom. The predicted molar refractivity (Wildman–Crippen MR) is 154 cm³/mol. The molecule has 2 N–H and O–H groups in total. The van der Waals surface area contributed by atoms with Crippen molar-refractivity contribution in [3.63, 3.8) is 0 Å². The molecule has 0 unspecified atom stereocenters. The zero-order chi connectivity index (χ0) is 25.7. The van der Waals surface area contributed by atoms with E-state index in [4.69, 9.17) is 27.9 Å². The quantitative estimate of drug-likeness (QED) is 0.232. The van der Waals surface area contributed by atoms with E-state index in [0.717, 1.165) is 35.7 Å². The van der Waals surface area contributed by atoms with Gasteiger partial charge in [-0.15, -0.1) is 0 Å². The van der Waals surface area contributed by atoms with E-state index in [1.807, 2.05) is 42.5 Å². The molecule has 0 amide bonds. The maximum Gasteiger partial charge on any atom is 0.120 e. The number of aliphatic hydroxyl groups is 2. The molecule has 0 bridgehead atoms. The van der Waals surface area contributed by atoms with Crippen LogP contribution in [0.2, 0.25) is 10.0 Å². The number of anilines is 1. The number of hydrogen-bond donors (Lipinski definition) is 2. The average Bonchev–Trinajstić information content (AvgIpc) is 2.88. The maximum absolute atomic E-state index is 10.8. The lowest BCUT2D eigenvalue weighted by Gasteiger charge is -2.44. The number of rotatable bonds is 9. The summed E-state index contributed by atoms with van der Waals surface area (Å²) in [5, 5.41) is 21.4. The van der Waals surface area contributed by atoms with E-state index in [1.165, 1.54) is 0 Å². The molecule has 1 aliphatic heterocycles. The number of halogens is 3. The predicted octanol–water partition coefficient (Wildman–Crippen LogP) is 5.68. The van der Waals surface area contributed by atoms with Crippen LogP contribution in [-0.4, -0.2) is 56.8 Å². The summed E-state index contributed by atoms with van der Waals surface area (Å²) in [5.41, 5.74) is 3.39. The first kappa shape index (κ1) is 27.4. The molecule has 9 heteroatoms. The number of β-amino-alcohol motifs (C(OH)–C–C–N with tert-alkyl or cyclic N) is 1. The van der Waals surface area contributed by atoms with Crippen LogP contribution >= 0.6 is 45.8 Å². The van der Waals surface area contributed by atoms with E-state index in [-0.39, 0.29) is 12.6 Å². The van der Waals surface area contributed by atoms with E-state index >= 15 is 0 Å². The van der Waals surface area contributed by atoms with Gasteiger partial charge in [0.2, 0.25) is 0 Å². The zero-order valence-electron chi connectivity index (χ0n) is 20.0. The molecule has 1 aliphatic rings. The Bertz CT molecular complexity index is 1130. The standard InChI is InChI=1S/C27H30Cl2IN3O3/c1-18(30)17-36-22-7-9-25(23(29)12-22)33-11-10-32(14-26(33)20-3-5-21(28)6-4-20)15-27(35)24-8-2-19(16-34)13-31-24/h2-9,12-13,18,26-27,34-35H,10-11,14-17H2,1H3/t18-,26-,27+/m0/s1. The number of hydrogen-bond acceptors (Lipinski definition) is 6. The summed E-state index contributed by atoms with van der Waals surface area (Å²) in [4.78, 5) is 8.88. The molecule has 1 aromatic heterocycles.